The smallest absolute Gasteiger partial charge is 0.119 e. The summed E-state index contributed by atoms with van der Waals surface area (Å²) >= 11 is 0. The predicted molar refractivity (Wildman–Crippen MR) is 74.6 cm³/mol. The van der Waals surface area contributed by atoms with Crippen LogP contribution < -0.4 is 21.7 Å². The molecule has 0 spiro atoms. The monoisotopic (exact) mass is 271 g/mol. The van der Waals surface area contributed by atoms with Crippen LogP contribution >= 0.6 is 0 Å². The predicted octanol–water partition coefficient (Wildman–Crippen LogP) is 0.267. The minimum atomic E-state index is -0.760. The van der Waals surface area contributed by atoms with Crippen LogP contribution in [-0.4, -0.2) is 43.9 Å². The molecule has 1 saturated heterocycles. The zero-order chi connectivity index (χ0) is 13.8. The quantitative estimate of drug-likeness (QED) is 0.553. The number of halogens is 1. The van der Waals surface area contributed by atoms with Crippen LogP contribution in [0.2, 0.25) is 0 Å². The molecule has 0 bridgehead atoms. The van der Waals surface area contributed by atoms with E-state index in [2.05, 4.69) is 20.9 Å². The summed E-state index contributed by atoms with van der Waals surface area (Å²) < 4.78 is 13.3. The Hall–Kier alpha value is -0.530. The second-order valence-electron chi connectivity index (χ2n) is 5.76. The Balaban J connectivity index is 1.77. The molecule has 5 N–H and O–H groups in total. The van der Waals surface area contributed by atoms with E-state index >= 15 is 0 Å². The van der Waals surface area contributed by atoms with Gasteiger partial charge in [-0.25, -0.2) is 4.39 Å². The largest absolute Gasteiger partial charge is 0.303 e. The number of hydrogen-bond donors (Lipinski definition) is 4. The zero-order valence-electron chi connectivity index (χ0n) is 11.8. The molecule has 0 aromatic carbocycles. The minimum Gasteiger partial charge on any atom is -0.303 e. The minimum absolute atomic E-state index is 0.0708. The van der Waals surface area contributed by atoms with E-state index in [0.29, 0.717) is 12.3 Å². The van der Waals surface area contributed by atoms with Crippen molar-refractivity contribution in [3.8, 4) is 0 Å². The van der Waals surface area contributed by atoms with Gasteiger partial charge in [-0.15, -0.1) is 0 Å². The molecule has 0 aromatic rings. The Bertz CT molecular complexity index is 309. The highest BCUT2D eigenvalue weighted by Gasteiger charge is 2.26. The van der Waals surface area contributed by atoms with Gasteiger partial charge in [0.2, 0.25) is 0 Å². The third-order valence-electron chi connectivity index (χ3n) is 3.83. The molecule has 0 saturated carbocycles. The third-order valence-corrected chi connectivity index (χ3v) is 3.83. The lowest BCUT2D eigenvalue weighted by atomic mass is 9.89. The van der Waals surface area contributed by atoms with Gasteiger partial charge >= 0.3 is 0 Å². The first-order valence-electron chi connectivity index (χ1n) is 7.05. The molecule has 1 fully saturated rings. The van der Waals surface area contributed by atoms with Gasteiger partial charge in [-0.3, -0.25) is 20.9 Å². The highest BCUT2D eigenvalue weighted by atomic mass is 19.1. The van der Waals surface area contributed by atoms with Gasteiger partial charge in [0.1, 0.15) is 18.8 Å². The first-order valence-corrected chi connectivity index (χ1v) is 7.05. The van der Waals surface area contributed by atoms with Crippen LogP contribution in [0.15, 0.2) is 12.2 Å². The molecule has 0 radical (unpaired) electrons. The maximum atomic E-state index is 13.3. The summed E-state index contributed by atoms with van der Waals surface area (Å²) in [5, 5.41) is 9.92. The number of rotatable bonds is 4. The number of hydrogen-bond acceptors (Lipinski definition) is 5. The van der Waals surface area contributed by atoms with Gasteiger partial charge in [-0.2, -0.15) is 0 Å². The summed E-state index contributed by atoms with van der Waals surface area (Å²) in [7, 11) is 4.00. The van der Waals surface area contributed by atoms with E-state index in [1.54, 1.807) is 6.08 Å². The number of nitrogens with one attached hydrogen (secondary N) is 3. The first kappa shape index (κ1) is 14.9. The van der Waals surface area contributed by atoms with E-state index in [4.69, 9.17) is 5.73 Å². The third kappa shape index (κ3) is 4.50. The average molecular weight is 271 g/mol. The van der Waals surface area contributed by atoms with Crippen LogP contribution in [0.3, 0.4) is 0 Å². The number of nitrogens with zero attached hydrogens (tertiary/aromatic N) is 1. The van der Waals surface area contributed by atoms with E-state index in [1.165, 1.54) is 0 Å². The second-order valence-corrected chi connectivity index (χ2v) is 5.76. The van der Waals surface area contributed by atoms with Crippen molar-refractivity contribution in [3.63, 3.8) is 0 Å². The SMILES string of the molecule is CN(C)[C@@H]1NC(N)N[C@H](CC[C@@H]2CC=CC(F)C2)N1. The van der Waals surface area contributed by atoms with Crippen LogP contribution in [-0.2, 0) is 0 Å². The molecule has 0 aromatic heterocycles. The topological polar surface area (TPSA) is 65.3 Å². The molecule has 2 aliphatic rings. The molecule has 2 rings (SSSR count). The number of alkyl halides is 1. The maximum Gasteiger partial charge on any atom is 0.119 e. The fourth-order valence-electron chi connectivity index (χ4n) is 2.74. The second kappa shape index (κ2) is 6.76. The van der Waals surface area contributed by atoms with E-state index in [0.717, 1.165) is 19.3 Å². The summed E-state index contributed by atoms with van der Waals surface area (Å²) in [5.74, 6) is 0.451. The highest BCUT2D eigenvalue weighted by molar-refractivity contribution is 4.96. The van der Waals surface area contributed by atoms with Crippen molar-refractivity contribution >= 4 is 0 Å². The Labute approximate surface area is 114 Å². The van der Waals surface area contributed by atoms with E-state index in [1.807, 2.05) is 20.2 Å². The normalized spacial score (nSPS) is 39.7. The summed E-state index contributed by atoms with van der Waals surface area (Å²) in [6.07, 6.45) is 6.55. The number of nitrogens with two attached hydrogens (primary N) is 1. The van der Waals surface area contributed by atoms with Gasteiger partial charge in [0.15, 0.2) is 0 Å². The molecule has 5 atom stereocenters. The molecule has 19 heavy (non-hydrogen) atoms. The molecular formula is C13H26FN5. The van der Waals surface area contributed by atoms with Crippen LogP contribution in [0.25, 0.3) is 0 Å². The Kier molecular flexibility index (Phi) is 5.29. The van der Waals surface area contributed by atoms with E-state index in [9.17, 15) is 4.39 Å². The van der Waals surface area contributed by atoms with Crippen LogP contribution in [0.5, 0.6) is 0 Å². The Morgan fingerprint density at radius 2 is 2.05 bits per heavy atom. The van der Waals surface area contributed by atoms with Gasteiger partial charge < -0.3 is 5.73 Å². The van der Waals surface area contributed by atoms with Crippen molar-refractivity contribution in [1.29, 1.82) is 0 Å². The molecule has 2 unspecified atom stereocenters. The summed E-state index contributed by atoms with van der Waals surface area (Å²) in [6.45, 7) is 0. The van der Waals surface area contributed by atoms with Gasteiger partial charge in [-0.1, -0.05) is 12.2 Å². The average Bonchev–Trinajstić information content (AvgIpc) is 2.36. The molecular weight excluding hydrogens is 245 g/mol. The number of allylic oxidation sites excluding steroid dienone is 2. The summed E-state index contributed by atoms with van der Waals surface area (Å²) in [6, 6.07) is 0. The van der Waals surface area contributed by atoms with Gasteiger partial charge in [0, 0.05) is 0 Å². The van der Waals surface area contributed by atoms with Crippen LogP contribution in [0, 0.1) is 5.92 Å². The molecule has 6 heteroatoms. The van der Waals surface area contributed by atoms with Gasteiger partial charge in [0.25, 0.3) is 0 Å². The van der Waals surface area contributed by atoms with Crippen LogP contribution in [0.4, 0.5) is 4.39 Å². The lowest BCUT2D eigenvalue weighted by Crippen LogP contribution is -2.73. The maximum absolute atomic E-state index is 13.3. The van der Waals surface area contributed by atoms with Gasteiger partial charge in [-0.05, 0) is 45.7 Å². The van der Waals surface area contributed by atoms with E-state index < -0.39 is 6.17 Å². The lowest BCUT2D eigenvalue weighted by Gasteiger charge is -2.40. The van der Waals surface area contributed by atoms with Gasteiger partial charge in [0.05, 0.1) is 6.17 Å². The standard InChI is InChI=1S/C13H26FN5/c1-19(2)13-17-11(16-12(15)18-13)7-6-9-4-3-5-10(14)8-9/h3,5,9-13,16-18H,4,6-8,15H2,1-2H3/t9-,10?,11-,12?,13-/m0/s1. The van der Waals surface area contributed by atoms with Crippen molar-refractivity contribution in [1.82, 2.24) is 20.9 Å². The van der Waals surface area contributed by atoms with Crippen molar-refractivity contribution in [2.75, 3.05) is 14.1 Å². The van der Waals surface area contributed by atoms with E-state index in [-0.39, 0.29) is 18.7 Å². The van der Waals surface area contributed by atoms with Crippen molar-refractivity contribution in [2.45, 2.75) is 50.6 Å². The van der Waals surface area contributed by atoms with Crippen molar-refractivity contribution < 1.29 is 4.39 Å². The highest BCUT2D eigenvalue weighted by Crippen LogP contribution is 2.25. The van der Waals surface area contributed by atoms with Crippen molar-refractivity contribution in [2.24, 2.45) is 11.7 Å². The van der Waals surface area contributed by atoms with Crippen LogP contribution in [0.1, 0.15) is 25.7 Å². The lowest BCUT2D eigenvalue weighted by molar-refractivity contribution is 0.0933. The fourth-order valence-corrected chi connectivity index (χ4v) is 2.74. The Morgan fingerprint density at radius 3 is 2.74 bits per heavy atom. The molecule has 1 heterocycles. The molecule has 110 valence electrons. The fraction of sp³-hybridized carbons (Fsp3) is 0.846. The molecule has 1 aliphatic carbocycles. The molecule has 0 amide bonds. The molecule has 5 nitrogen and oxygen atoms in total. The zero-order valence-corrected chi connectivity index (χ0v) is 11.8. The van der Waals surface area contributed by atoms with Crippen molar-refractivity contribution in [3.05, 3.63) is 12.2 Å². The Morgan fingerprint density at radius 1 is 1.26 bits per heavy atom. The first-order chi connectivity index (χ1) is 9.04. The summed E-state index contributed by atoms with van der Waals surface area (Å²) in [4.78, 5) is 2.05. The summed E-state index contributed by atoms with van der Waals surface area (Å²) in [5.41, 5.74) is 5.92. The molecule has 1 aliphatic heterocycles.